The SMILES string of the molecule is CNCCNC(=O)c1ccc2c(c1)nc(NCCOC)n2C.Cl.Cl. The smallest absolute Gasteiger partial charge is 0.251 e. The van der Waals surface area contributed by atoms with Gasteiger partial charge >= 0.3 is 0 Å². The summed E-state index contributed by atoms with van der Waals surface area (Å²) in [5.74, 6) is 0.677. The largest absolute Gasteiger partial charge is 0.383 e. The minimum absolute atomic E-state index is 0. The van der Waals surface area contributed by atoms with Gasteiger partial charge in [-0.1, -0.05) is 0 Å². The predicted octanol–water partition coefficient (Wildman–Crippen LogP) is 1.42. The van der Waals surface area contributed by atoms with Gasteiger partial charge in [-0.2, -0.15) is 0 Å². The Hall–Kier alpha value is -1.54. The second kappa shape index (κ2) is 11.1. The molecule has 1 amide bonds. The standard InChI is InChI=1S/C15H23N5O2.2ClH/c1-16-6-7-17-14(21)11-4-5-13-12(10-11)19-15(20(13)2)18-8-9-22-3;;/h4-5,10,16H,6-9H2,1-3H3,(H,17,21)(H,18,19);2*1H. The Labute approximate surface area is 154 Å². The van der Waals surface area contributed by atoms with Gasteiger partial charge in [0.15, 0.2) is 0 Å². The molecule has 0 saturated carbocycles. The molecule has 0 aliphatic carbocycles. The van der Waals surface area contributed by atoms with Gasteiger partial charge in [-0.05, 0) is 25.2 Å². The molecule has 0 saturated heterocycles. The maximum Gasteiger partial charge on any atom is 0.251 e. The average molecular weight is 378 g/mol. The van der Waals surface area contributed by atoms with E-state index in [4.69, 9.17) is 4.74 Å². The third-order valence-corrected chi connectivity index (χ3v) is 3.39. The van der Waals surface area contributed by atoms with Gasteiger partial charge in [-0.25, -0.2) is 4.98 Å². The van der Waals surface area contributed by atoms with Crippen molar-refractivity contribution < 1.29 is 9.53 Å². The van der Waals surface area contributed by atoms with E-state index >= 15 is 0 Å². The number of nitrogens with zero attached hydrogens (tertiary/aromatic N) is 2. The Morgan fingerprint density at radius 3 is 2.67 bits per heavy atom. The number of methoxy groups -OCH3 is 1. The number of halogens is 2. The van der Waals surface area contributed by atoms with Crippen LogP contribution in [-0.2, 0) is 11.8 Å². The van der Waals surface area contributed by atoms with E-state index in [0.29, 0.717) is 25.3 Å². The number of imidazole rings is 1. The molecule has 1 aromatic heterocycles. The number of amides is 1. The number of hydrogen-bond donors (Lipinski definition) is 3. The monoisotopic (exact) mass is 377 g/mol. The van der Waals surface area contributed by atoms with Crippen molar-refractivity contribution >= 4 is 47.7 Å². The molecule has 0 unspecified atom stereocenters. The second-order valence-electron chi connectivity index (χ2n) is 4.98. The number of nitrogens with one attached hydrogen (secondary N) is 3. The lowest BCUT2D eigenvalue weighted by atomic mass is 10.2. The molecule has 2 aromatic rings. The molecule has 2 rings (SSSR count). The molecule has 136 valence electrons. The van der Waals surface area contributed by atoms with Crippen LogP contribution in [0.4, 0.5) is 5.95 Å². The molecule has 0 atom stereocenters. The van der Waals surface area contributed by atoms with Gasteiger partial charge in [0.25, 0.3) is 5.91 Å². The number of likely N-dealkylation sites (N-methyl/N-ethyl adjacent to an activating group) is 1. The summed E-state index contributed by atoms with van der Waals surface area (Å²) in [5.41, 5.74) is 2.39. The maximum absolute atomic E-state index is 12.1. The van der Waals surface area contributed by atoms with E-state index in [2.05, 4.69) is 20.9 Å². The van der Waals surface area contributed by atoms with Crippen LogP contribution in [0, 0.1) is 0 Å². The van der Waals surface area contributed by atoms with Gasteiger partial charge in [0.2, 0.25) is 5.95 Å². The van der Waals surface area contributed by atoms with Crippen LogP contribution in [-0.4, -0.2) is 55.9 Å². The number of benzene rings is 1. The van der Waals surface area contributed by atoms with Gasteiger partial charge in [-0.3, -0.25) is 4.79 Å². The van der Waals surface area contributed by atoms with Gasteiger partial charge in [-0.15, -0.1) is 24.8 Å². The van der Waals surface area contributed by atoms with Gasteiger partial charge in [0.1, 0.15) is 0 Å². The fourth-order valence-corrected chi connectivity index (χ4v) is 2.17. The average Bonchev–Trinajstić information content (AvgIpc) is 2.83. The number of carbonyl (C=O) groups excluding carboxylic acids is 1. The van der Waals surface area contributed by atoms with Crippen molar-refractivity contribution in [3.8, 4) is 0 Å². The normalized spacial score (nSPS) is 9.96. The molecule has 24 heavy (non-hydrogen) atoms. The van der Waals surface area contributed by atoms with Crippen molar-refractivity contribution in [2.24, 2.45) is 7.05 Å². The summed E-state index contributed by atoms with van der Waals surface area (Å²) in [4.78, 5) is 16.6. The summed E-state index contributed by atoms with van der Waals surface area (Å²) >= 11 is 0. The van der Waals surface area contributed by atoms with Gasteiger partial charge in [0.05, 0.1) is 17.6 Å². The number of aromatic nitrogens is 2. The summed E-state index contributed by atoms with van der Waals surface area (Å²) in [7, 11) is 5.46. The molecule has 0 fully saturated rings. The van der Waals surface area contributed by atoms with E-state index in [0.717, 1.165) is 23.5 Å². The Kier molecular flexibility index (Phi) is 10.4. The van der Waals surface area contributed by atoms with E-state index < -0.39 is 0 Å². The molecule has 1 heterocycles. The highest BCUT2D eigenvalue weighted by Gasteiger charge is 2.11. The zero-order valence-corrected chi connectivity index (χ0v) is 15.7. The maximum atomic E-state index is 12.1. The molecule has 3 N–H and O–H groups in total. The minimum Gasteiger partial charge on any atom is -0.383 e. The first-order chi connectivity index (χ1) is 10.7. The number of ether oxygens (including phenoxy) is 1. The summed E-state index contributed by atoms with van der Waals surface area (Å²) < 4.78 is 6.98. The van der Waals surface area contributed by atoms with E-state index in [1.165, 1.54) is 0 Å². The Morgan fingerprint density at radius 1 is 1.25 bits per heavy atom. The Bertz CT molecular complexity index is 648. The first kappa shape index (κ1) is 22.5. The Balaban J connectivity index is 0.00000264. The van der Waals surface area contributed by atoms with E-state index in [9.17, 15) is 4.79 Å². The summed E-state index contributed by atoms with van der Waals surface area (Å²) in [6.45, 7) is 2.64. The molecule has 0 bridgehead atoms. The molecule has 0 radical (unpaired) electrons. The molecule has 1 aromatic carbocycles. The topological polar surface area (TPSA) is 80.2 Å². The summed E-state index contributed by atoms with van der Waals surface area (Å²) in [6, 6.07) is 5.54. The number of rotatable bonds is 8. The van der Waals surface area contributed by atoms with Crippen molar-refractivity contribution in [1.82, 2.24) is 20.2 Å². The van der Waals surface area contributed by atoms with Crippen molar-refractivity contribution in [3.05, 3.63) is 23.8 Å². The zero-order chi connectivity index (χ0) is 15.9. The number of carbonyl (C=O) groups is 1. The van der Waals surface area contributed by atoms with Gasteiger partial charge in [0, 0.05) is 39.4 Å². The molecule has 0 aliphatic heterocycles. The number of fused-ring (bicyclic) bond motifs is 1. The lowest BCUT2D eigenvalue weighted by Crippen LogP contribution is -2.30. The van der Waals surface area contributed by atoms with Crippen LogP contribution < -0.4 is 16.0 Å². The first-order valence-electron chi connectivity index (χ1n) is 7.29. The zero-order valence-electron chi connectivity index (χ0n) is 14.1. The van der Waals surface area contributed by atoms with Crippen LogP contribution in [0.15, 0.2) is 18.2 Å². The Morgan fingerprint density at radius 2 is 2.00 bits per heavy atom. The van der Waals surface area contributed by atoms with E-state index in [1.54, 1.807) is 7.11 Å². The summed E-state index contributed by atoms with van der Waals surface area (Å²) in [5, 5.41) is 9.06. The van der Waals surface area contributed by atoms with E-state index in [-0.39, 0.29) is 30.7 Å². The fraction of sp³-hybridized carbons (Fsp3) is 0.467. The fourth-order valence-electron chi connectivity index (χ4n) is 2.17. The van der Waals surface area contributed by atoms with Crippen LogP contribution in [0.25, 0.3) is 11.0 Å². The van der Waals surface area contributed by atoms with Crippen molar-refractivity contribution in [3.63, 3.8) is 0 Å². The molecule has 0 spiro atoms. The molecule has 0 aliphatic rings. The number of aryl methyl sites for hydroxylation is 1. The van der Waals surface area contributed by atoms with Crippen molar-refractivity contribution in [1.29, 1.82) is 0 Å². The first-order valence-corrected chi connectivity index (χ1v) is 7.29. The van der Waals surface area contributed by atoms with Crippen LogP contribution in [0.5, 0.6) is 0 Å². The molecule has 9 heteroatoms. The highest BCUT2D eigenvalue weighted by Crippen LogP contribution is 2.19. The van der Waals surface area contributed by atoms with Crippen LogP contribution in [0.2, 0.25) is 0 Å². The molecular weight excluding hydrogens is 353 g/mol. The van der Waals surface area contributed by atoms with Crippen LogP contribution in [0.1, 0.15) is 10.4 Å². The third-order valence-electron chi connectivity index (χ3n) is 3.39. The predicted molar refractivity (Wildman–Crippen MR) is 102 cm³/mol. The minimum atomic E-state index is -0.0864. The quantitative estimate of drug-likeness (QED) is 0.606. The summed E-state index contributed by atoms with van der Waals surface area (Å²) in [6.07, 6.45) is 0. The van der Waals surface area contributed by atoms with Crippen molar-refractivity contribution in [2.75, 3.05) is 45.7 Å². The molecule has 7 nitrogen and oxygen atoms in total. The number of hydrogen-bond acceptors (Lipinski definition) is 5. The molecular formula is C15H25Cl2N5O2. The highest BCUT2D eigenvalue weighted by molar-refractivity contribution is 5.97. The third kappa shape index (κ3) is 5.52. The highest BCUT2D eigenvalue weighted by atomic mass is 35.5. The number of anilines is 1. The van der Waals surface area contributed by atoms with Crippen molar-refractivity contribution in [2.45, 2.75) is 0 Å². The van der Waals surface area contributed by atoms with Crippen LogP contribution in [0.3, 0.4) is 0 Å². The second-order valence-corrected chi connectivity index (χ2v) is 4.98. The van der Waals surface area contributed by atoms with E-state index in [1.807, 2.05) is 36.9 Å². The van der Waals surface area contributed by atoms with Gasteiger partial charge < -0.3 is 25.3 Å². The lowest BCUT2D eigenvalue weighted by molar-refractivity contribution is 0.0954. The van der Waals surface area contributed by atoms with Crippen LogP contribution >= 0.6 is 24.8 Å². The lowest BCUT2D eigenvalue weighted by Gasteiger charge is -2.05.